The SMILES string of the molecule is Cc1ccc(N)c(C(=O)Nc2sc(C)c(C)c2C#N)c1. The number of anilines is 2. The average molecular weight is 285 g/mol. The van der Waals surface area contributed by atoms with Gasteiger partial charge in [0.15, 0.2) is 0 Å². The number of nitrogens with two attached hydrogens (primary N) is 1. The molecule has 20 heavy (non-hydrogen) atoms. The van der Waals surface area contributed by atoms with Crippen LogP contribution in [0.4, 0.5) is 10.7 Å². The van der Waals surface area contributed by atoms with Crippen molar-refractivity contribution in [1.29, 1.82) is 5.26 Å². The van der Waals surface area contributed by atoms with Crippen LogP contribution in [0.15, 0.2) is 18.2 Å². The second-order valence-electron chi connectivity index (χ2n) is 4.64. The monoisotopic (exact) mass is 285 g/mol. The first-order chi connectivity index (χ1) is 9.43. The third-order valence-corrected chi connectivity index (χ3v) is 4.30. The Bertz CT molecular complexity index is 725. The summed E-state index contributed by atoms with van der Waals surface area (Å²) in [4.78, 5) is 13.3. The predicted octanol–water partition coefficient (Wildman–Crippen LogP) is 3.38. The first kappa shape index (κ1) is 14.1. The van der Waals surface area contributed by atoms with Crippen molar-refractivity contribution in [2.75, 3.05) is 11.1 Å². The Hall–Kier alpha value is -2.32. The molecule has 0 saturated heterocycles. The summed E-state index contributed by atoms with van der Waals surface area (Å²) in [7, 11) is 0. The summed E-state index contributed by atoms with van der Waals surface area (Å²) in [5.74, 6) is -0.288. The van der Waals surface area contributed by atoms with E-state index < -0.39 is 0 Å². The van der Waals surface area contributed by atoms with Crippen molar-refractivity contribution in [1.82, 2.24) is 0 Å². The lowest BCUT2D eigenvalue weighted by Gasteiger charge is -2.07. The molecule has 1 heterocycles. The van der Waals surface area contributed by atoms with Gasteiger partial charge in [-0.05, 0) is 38.5 Å². The summed E-state index contributed by atoms with van der Waals surface area (Å²) >= 11 is 1.40. The lowest BCUT2D eigenvalue weighted by Crippen LogP contribution is -2.14. The molecule has 0 aliphatic carbocycles. The first-order valence-electron chi connectivity index (χ1n) is 6.11. The van der Waals surface area contributed by atoms with Gasteiger partial charge in [-0.3, -0.25) is 4.79 Å². The number of carbonyl (C=O) groups excluding carboxylic acids is 1. The molecule has 2 aromatic rings. The van der Waals surface area contributed by atoms with Gasteiger partial charge in [-0.15, -0.1) is 11.3 Å². The predicted molar refractivity (Wildman–Crippen MR) is 82.1 cm³/mol. The van der Waals surface area contributed by atoms with Crippen LogP contribution in [0, 0.1) is 32.1 Å². The number of hydrogen-bond acceptors (Lipinski definition) is 4. The molecular formula is C15H15N3OS. The number of rotatable bonds is 2. The van der Waals surface area contributed by atoms with Crippen molar-refractivity contribution in [3.63, 3.8) is 0 Å². The van der Waals surface area contributed by atoms with E-state index >= 15 is 0 Å². The fraction of sp³-hybridized carbons (Fsp3) is 0.200. The fourth-order valence-electron chi connectivity index (χ4n) is 1.89. The average Bonchev–Trinajstić information content (AvgIpc) is 2.67. The maximum Gasteiger partial charge on any atom is 0.258 e. The maximum absolute atomic E-state index is 12.3. The number of nitrogens with zero attached hydrogens (tertiary/aromatic N) is 1. The van der Waals surface area contributed by atoms with E-state index in [2.05, 4.69) is 11.4 Å². The van der Waals surface area contributed by atoms with Crippen molar-refractivity contribution >= 4 is 27.9 Å². The van der Waals surface area contributed by atoms with Gasteiger partial charge in [-0.1, -0.05) is 11.6 Å². The van der Waals surface area contributed by atoms with E-state index in [4.69, 9.17) is 5.73 Å². The molecule has 102 valence electrons. The Morgan fingerprint density at radius 3 is 2.70 bits per heavy atom. The van der Waals surface area contributed by atoms with Crippen LogP contribution in [0.1, 0.15) is 31.9 Å². The molecule has 0 unspecified atom stereocenters. The zero-order valence-corrected chi connectivity index (χ0v) is 12.4. The van der Waals surface area contributed by atoms with Crippen LogP contribution in [0.5, 0.6) is 0 Å². The summed E-state index contributed by atoms with van der Waals surface area (Å²) in [6.45, 7) is 5.70. The van der Waals surface area contributed by atoms with Crippen LogP contribution in [0.2, 0.25) is 0 Å². The molecule has 0 atom stereocenters. The number of nitrogens with one attached hydrogen (secondary N) is 1. The molecule has 3 N–H and O–H groups in total. The largest absolute Gasteiger partial charge is 0.398 e. The number of benzene rings is 1. The van der Waals surface area contributed by atoms with Gasteiger partial charge in [0.25, 0.3) is 5.91 Å². The maximum atomic E-state index is 12.3. The van der Waals surface area contributed by atoms with Crippen molar-refractivity contribution in [2.24, 2.45) is 0 Å². The van der Waals surface area contributed by atoms with Crippen molar-refractivity contribution < 1.29 is 4.79 Å². The molecule has 4 nitrogen and oxygen atoms in total. The van der Waals surface area contributed by atoms with Crippen LogP contribution in [0.25, 0.3) is 0 Å². The minimum atomic E-state index is -0.288. The summed E-state index contributed by atoms with van der Waals surface area (Å²) in [5.41, 5.74) is 9.07. The van der Waals surface area contributed by atoms with Crippen LogP contribution in [-0.4, -0.2) is 5.91 Å². The highest BCUT2D eigenvalue weighted by molar-refractivity contribution is 7.16. The fourth-order valence-corrected chi connectivity index (χ4v) is 2.89. The van der Waals surface area contributed by atoms with E-state index in [-0.39, 0.29) is 5.91 Å². The highest BCUT2D eigenvalue weighted by Crippen LogP contribution is 2.32. The highest BCUT2D eigenvalue weighted by atomic mass is 32.1. The zero-order chi connectivity index (χ0) is 14.9. The van der Waals surface area contributed by atoms with Gasteiger partial charge >= 0.3 is 0 Å². The molecule has 5 heteroatoms. The number of nitriles is 1. The van der Waals surface area contributed by atoms with Crippen LogP contribution >= 0.6 is 11.3 Å². The van der Waals surface area contributed by atoms with Crippen LogP contribution in [0.3, 0.4) is 0 Å². The molecule has 0 radical (unpaired) electrons. The molecule has 0 bridgehead atoms. The van der Waals surface area contributed by atoms with Gasteiger partial charge in [0.05, 0.1) is 11.1 Å². The van der Waals surface area contributed by atoms with Gasteiger partial charge < -0.3 is 11.1 Å². The Labute approximate surface area is 121 Å². The van der Waals surface area contributed by atoms with Crippen molar-refractivity contribution in [2.45, 2.75) is 20.8 Å². The third kappa shape index (κ3) is 2.51. The molecule has 0 spiro atoms. The van der Waals surface area contributed by atoms with Gasteiger partial charge in [-0.25, -0.2) is 0 Å². The molecule has 0 aliphatic heterocycles. The van der Waals surface area contributed by atoms with Crippen molar-refractivity contribution in [3.8, 4) is 6.07 Å². The van der Waals surface area contributed by atoms with E-state index in [1.54, 1.807) is 12.1 Å². The van der Waals surface area contributed by atoms with E-state index in [0.29, 0.717) is 21.8 Å². The number of amides is 1. The Balaban J connectivity index is 2.36. The molecule has 1 amide bonds. The lowest BCUT2D eigenvalue weighted by molar-refractivity contribution is 0.102. The smallest absolute Gasteiger partial charge is 0.258 e. The number of aryl methyl sites for hydroxylation is 2. The topological polar surface area (TPSA) is 78.9 Å². The molecule has 1 aromatic carbocycles. The van der Waals surface area contributed by atoms with E-state index in [1.807, 2.05) is 26.8 Å². The Morgan fingerprint density at radius 1 is 1.35 bits per heavy atom. The normalized spacial score (nSPS) is 10.1. The van der Waals surface area contributed by atoms with Gasteiger partial charge in [0, 0.05) is 10.6 Å². The van der Waals surface area contributed by atoms with E-state index in [1.165, 1.54) is 11.3 Å². The molecule has 0 saturated carbocycles. The minimum absolute atomic E-state index is 0.288. The Morgan fingerprint density at radius 2 is 2.05 bits per heavy atom. The number of carbonyl (C=O) groups is 1. The summed E-state index contributed by atoms with van der Waals surface area (Å²) < 4.78 is 0. The summed E-state index contributed by atoms with van der Waals surface area (Å²) in [6.07, 6.45) is 0. The van der Waals surface area contributed by atoms with E-state index in [0.717, 1.165) is 16.0 Å². The van der Waals surface area contributed by atoms with E-state index in [9.17, 15) is 10.1 Å². The minimum Gasteiger partial charge on any atom is -0.398 e. The Kier molecular flexibility index (Phi) is 3.77. The summed E-state index contributed by atoms with van der Waals surface area (Å²) in [5, 5.41) is 12.5. The molecule has 1 aromatic heterocycles. The third-order valence-electron chi connectivity index (χ3n) is 3.18. The van der Waals surface area contributed by atoms with Crippen molar-refractivity contribution in [3.05, 3.63) is 45.3 Å². The van der Waals surface area contributed by atoms with Gasteiger partial charge in [0.1, 0.15) is 11.1 Å². The van der Waals surface area contributed by atoms with Crippen LogP contribution < -0.4 is 11.1 Å². The molecule has 0 fully saturated rings. The quantitative estimate of drug-likeness (QED) is 0.830. The second kappa shape index (κ2) is 5.35. The highest BCUT2D eigenvalue weighted by Gasteiger charge is 2.16. The summed E-state index contributed by atoms with van der Waals surface area (Å²) in [6, 6.07) is 7.43. The first-order valence-corrected chi connectivity index (χ1v) is 6.93. The lowest BCUT2D eigenvalue weighted by atomic mass is 10.1. The number of hydrogen-bond donors (Lipinski definition) is 2. The zero-order valence-electron chi connectivity index (χ0n) is 11.6. The molecule has 2 rings (SSSR count). The number of thiophene rings is 1. The molecule has 0 aliphatic rings. The standard InChI is InChI=1S/C15H15N3OS/c1-8-4-5-13(17)11(6-8)14(19)18-15-12(7-16)9(2)10(3)20-15/h4-6H,17H2,1-3H3,(H,18,19). The molecular weight excluding hydrogens is 270 g/mol. The van der Waals surface area contributed by atoms with Gasteiger partial charge in [-0.2, -0.15) is 5.26 Å². The number of nitrogen functional groups attached to an aromatic ring is 1. The van der Waals surface area contributed by atoms with Gasteiger partial charge in [0.2, 0.25) is 0 Å². The van der Waals surface area contributed by atoms with Crippen LogP contribution in [-0.2, 0) is 0 Å². The second-order valence-corrected chi connectivity index (χ2v) is 5.87.